The first-order valence-electron chi connectivity index (χ1n) is 15.5. The lowest BCUT2D eigenvalue weighted by atomic mass is 9.97. The Hall–Kier alpha value is -6.37. The number of hydrogen-bond donors (Lipinski definition) is 0. The minimum Gasteiger partial charge on any atom is -0.319 e. The quantitative estimate of drug-likeness (QED) is 0.182. The molecule has 0 saturated heterocycles. The van der Waals surface area contributed by atoms with Gasteiger partial charge in [-0.3, -0.25) is 0 Å². The molecule has 0 atom stereocenters. The summed E-state index contributed by atoms with van der Waals surface area (Å²) in [6.45, 7) is 8.32. The number of benzene rings is 7. The number of para-hydroxylation sites is 6. The van der Waals surface area contributed by atoms with Gasteiger partial charge in [0.2, 0.25) is 5.69 Å². The zero-order valence-corrected chi connectivity index (χ0v) is 24.9. The van der Waals surface area contributed by atoms with Gasteiger partial charge in [0.25, 0.3) is 0 Å². The predicted molar refractivity (Wildman–Crippen MR) is 192 cm³/mol. The fourth-order valence-electron chi connectivity index (χ4n) is 7.17. The third-order valence-electron chi connectivity index (χ3n) is 9.18. The monoisotopic (exact) mass is 585 g/mol. The van der Waals surface area contributed by atoms with Gasteiger partial charge in [0, 0.05) is 27.1 Å². The highest BCUT2D eigenvalue weighted by atomic mass is 15.0. The number of hydrogen-bond acceptors (Lipinski definition) is 0. The van der Waals surface area contributed by atoms with E-state index in [4.69, 9.17) is 6.57 Å². The molecule has 0 radical (unpaired) electrons. The topological polar surface area (TPSA) is 14.2 Å². The number of nitrogens with zero attached hydrogens (tertiary/aromatic N) is 3. The average molecular weight is 586 g/mol. The van der Waals surface area contributed by atoms with Gasteiger partial charge in [-0.25, -0.2) is 4.85 Å². The molecule has 7 aromatic carbocycles. The van der Waals surface area contributed by atoms with Gasteiger partial charge in [-0.1, -0.05) is 127 Å². The molecule has 0 saturated carbocycles. The lowest BCUT2D eigenvalue weighted by molar-refractivity contribution is 1.18. The van der Waals surface area contributed by atoms with Crippen LogP contribution in [0.25, 0.3) is 82.1 Å². The van der Waals surface area contributed by atoms with Gasteiger partial charge in [0.15, 0.2) is 0 Å². The Bertz CT molecular complexity index is 2540. The van der Waals surface area contributed by atoms with Gasteiger partial charge in [-0.05, 0) is 53.1 Å². The molecule has 0 aliphatic rings. The molecule has 214 valence electrons. The molecule has 0 N–H and O–H groups in total. The van der Waals surface area contributed by atoms with Crippen LogP contribution < -0.4 is 0 Å². The summed E-state index contributed by atoms with van der Waals surface area (Å²) in [4.78, 5) is 4.13. The van der Waals surface area contributed by atoms with E-state index >= 15 is 0 Å². The van der Waals surface area contributed by atoms with Crippen LogP contribution in [0.2, 0.25) is 0 Å². The summed E-state index contributed by atoms with van der Waals surface area (Å²) in [5, 5.41) is 4.87. The van der Waals surface area contributed by atoms with E-state index in [1.807, 2.05) is 0 Å². The molecular formula is C43H27N3. The highest BCUT2D eigenvalue weighted by Gasteiger charge is 2.18. The SMILES string of the molecule is [C-]#[N+]c1c(-c2ccc(-c3ccccc3-n3c4ccccc4c4ccccc43)cc2)cccc1-n1c2ccccc2c2ccccc21. The van der Waals surface area contributed by atoms with Gasteiger partial charge in [0.05, 0.1) is 40.0 Å². The summed E-state index contributed by atoms with van der Waals surface area (Å²) in [5.41, 5.74) is 11.5. The molecule has 3 nitrogen and oxygen atoms in total. The molecule has 0 spiro atoms. The van der Waals surface area contributed by atoms with Crippen molar-refractivity contribution in [2.45, 2.75) is 0 Å². The Labute approximate surface area is 266 Å². The zero-order valence-electron chi connectivity index (χ0n) is 24.9. The molecule has 0 unspecified atom stereocenters. The van der Waals surface area contributed by atoms with Crippen molar-refractivity contribution in [1.82, 2.24) is 9.13 Å². The van der Waals surface area contributed by atoms with Crippen molar-refractivity contribution in [3.05, 3.63) is 175 Å². The first-order valence-corrected chi connectivity index (χ1v) is 15.5. The Morgan fingerprint density at radius 1 is 0.348 bits per heavy atom. The van der Waals surface area contributed by atoms with Crippen molar-refractivity contribution >= 4 is 49.3 Å². The molecule has 0 aliphatic heterocycles. The first kappa shape index (κ1) is 26.1. The summed E-state index contributed by atoms with van der Waals surface area (Å²) in [5.74, 6) is 0. The number of rotatable bonds is 4. The molecule has 0 amide bonds. The van der Waals surface area contributed by atoms with Crippen LogP contribution in [0, 0.1) is 6.57 Å². The van der Waals surface area contributed by atoms with Gasteiger partial charge in [-0.15, -0.1) is 0 Å². The standard InChI is InChI=1S/C43H27N3/c1-44-43-32(18-12-24-42(43)46-40-22-10-5-16-35(40)36-17-6-11-23-41(36)46)30-27-25-29(26-28-30)31-13-2-7-19-37(31)45-38-20-8-3-14-33(38)34-15-4-9-21-39(34)45/h2-28H. The van der Waals surface area contributed by atoms with Crippen molar-refractivity contribution in [3.8, 4) is 33.6 Å². The maximum atomic E-state index is 8.32. The van der Waals surface area contributed by atoms with Crippen molar-refractivity contribution in [2.24, 2.45) is 0 Å². The molecule has 0 aliphatic carbocycles. The van der Waals surface area contributed by atoms with Crippen LogP contribution in [0.3, 0.4) is 0 Å². The molecule has 9 rings (SSSR count). The highest BCUT2D eigenvalue weighted by Crippen LogP contribution is 2.41. The Balaban J connectivity index is 1.18. The predicted octanol–water partition coefficient (Wildman–Crippen LogP) is 11.8. The van der Waals surface area contributed by atoms with Crippen molar-refractivity contribution in [1.29, 1.82) is 0 Å². The molecule has 0 bridgehead atoms. The summed E-state index contributed by atoms with van der Waals surface area (Å²) < 4.78 is 4.61. The van der Waals surface area contributed by atoms with Crippen molar-refractivity contribution in [3.63, 3.8) is 0 Å². The van der Waals surface area contributed by atoms with Gasteiger partial charge >= 0.3 is 0 Å². The normalized spacial score (nSPS) is 11.5. The van der Waals surface area contributed by atoms with Crippen LogP contribution in [0.4, 0.5) is 5.69 Å². The van der Waals surface area contributed by atoms with E-state index in [1.54, 1.807) is 0 Å². The summed E-state index contributed by atoms with van der Waals surface area (Å²) in [7, 11) is 0. The van der Waals surface area contributed by atoms with E-state index < -0.39 is 0 Å². The Morgan fingerprint density at radius 2 is 0.717 bits per heavy atom. The molecule has 9 aromatic rings. The van der Waals surface area contributed by atoms with Crippen LogP contribution in [0.5, 0.6) is 0 Å². The second kappa shape index (κ2) is 10.4. The lowest BCUT2D eigenvalue weighted by Gasteiger charge is -2.15. The van der Waals surface area contributed by atoms with E-state index in [0.29, 0.717) is 5.69 Å². The summed E-state index contributed by atoms with van der Waals surface area (Å²) >= 11 is 0. The summed E-state index contributed by atoms with van der Waals surface area (Å²) in [6.07, 6.45) is 0. The third kappa shape index (κ3) is 3.84. The second-order valence-electron chi connectivity index (χ2n) is 11.6. The molecule has 2 heterocycles. The van der Waals surface area contributed by atoms with E-state index in [0.717, 1.165) is 44.7 Å². The van der Waals surface area contributed by atoms with Gasteiger partial charge < -0.3 is 9.13 Å². The second-order valence-corrected chi connectivity index (χ2v) is 11.6. The van der Waals surface area contributed by atoms with Crippen LogP contribution in [0.15, 0.2) is 164 Å². The highest BCUT2D eigenvalue weighted by molar-refractivity contribution is 6.11. The number of aromatic nitrogens is 2. The van der Waals surface area contributed by atoms with Crippen molar-refractivity contribution < 1.29 is 0 Å². The maximum absolute atomic E-state index is 8.32. The van der Waals surface area contributed by atoms with Crippen LogP contribution in [-0.2, 0) is 0 Å². The molecule has 2 aromatic heterocycles. The Morgan fingerprint density at radius 3 is 1.22 bits per heavy atom. The van der Waals surface area contributed by atoms with Crippen molar-refractivity contribution in [2.75, 3.05) is 0 Å². The van der Waals surface area contributed by atoms with E-state index in [9.17, 15) is 0 Å². The smallest absolute Gasteiger partial charge is 0.218 e. The van der Waals surface area contributed by atoms with Crippen LogP contribution in [-0.4, -0.2) is 9.13 Å². The van der Waals surface area contributed by atoms with Crippen LogP contribution in [0.1, 0.15) is 0 Å². The molecular weight excluding hydrogens is 558 g/mol. The molecule has 0 fully saturated rings. The van der Waals surface area contributed by atoms with Crippen LogP contribution >= 0.6 is 0 Å². The average Bonchev–Trinajstić information content (AvgIpc) is 3.64. The lowest BCUT2D eigenvalue weighted by Crippen LogP contribution is -1.97. The van der Waals surface area contributed by atoms with Gasteiger partial charge in [-0.2, -0.15) is 0 Å². The molecule has 46 heavy (non-hydrogen) atoms. The minimum absolute atomic E-state index is 0.646. The fourth-order valence-corrected chi connectivity index (χ4v) is 7.17. The third-order valence-corrected chi connectivity index (χ3v) is 9.18. The van der Waals surface area contributed by atoms with E-state index in [-0.39, 0.29) is 0 Å². The van der Waals surface area contributed by atoms with Gasteiger partial charge in [0.1, 0.15) is 0 Å². The Kier molecular flexibility index (Phi) is 5.88. The zero-order chi connectivity index (χ0) is 30.6. The fraction of sp³-hybridized carbons (Fsp3) is 0. The number of fused-ring (bicyclic) bond motifs is 6. The molecule has 3 heteroatoms. The minimum atomic E-state index is 0.646. The maximum Gasteiger partial charge on any atom is 0.218 e. The first-order chi connectivity index (χ1) is 22.8. The largest absolute Gasteiger partial charge is 0.319 e. The van der Waals surface area contributed by atoms with E-state index in [1.165, 1.54) is 32.6 Å². The summed E-state index contributed by atoms with van der Waals surface area (Å²) in [6, 6.07) is 57.6. The van der Waals surface area contributed by atoms with E-state index in [2.05, 4.69) is 178 Å².